The van der Waals surface area contributed by atoms with Crippen LogP contribution >= 0.6 is 46.6 Å². The van der Waals surface area contributed by atoms with Gasteiger partial charge in [-0.25, -0.2) is 4.39 Å². The highest BCUT2D eigenvalue weighted by atomic mass is 35.5. The van der Waals surface area contributed by atoms with Crippen LogP contribution in [-0.2, 0) is 9.59 Å². The summed E-state index contributed by atoms with van der Waals surface area (Å²) in [6.45, 7) is 0. The average Bonchev–Trinajstić information content (AvgIpc) is 2.95. The number of nitrogens with one attached hydrogen (secondary N) is 3. The summed E-state index contributed by atoms with van der Waals surface area (Å²) < 4.78 is 13.4. The Labute approximate surface area is 254 Å². The third-order valence-electron chi connectivity index (χ3n) is 5.46. The smallest absolute Gasteiger partial charge is 0.272 e. The molecule has 0 saturated carbocycles. The normalized spacial score (nSPS) is 11.1. The lowest BCUT2D eigenvalue weighted by molar-refractivity contribution is -0.114. The zero-order chi connectivity index (χ0) is 29.4. The van der Waals surface area contributed by atoms with E-state index in [1.165, 1.54) is 42.1 Å². The Bertz CT molecular complexity index is 1630. The zero-order valence-corrected chi connectivity index (χ0v) is 24.2. The van der Waals surface area contributed by atoms with Crippen LogP contribution in [0.5, 0.6) is 0 Å². The second-order valence-corrected chi connectivity index (χ2v) is 10.8. The van der Waals surface area contributed by atoms with Crippen LogP contribution < -0.4 is 16.0 Å². The molecule has 0 aromatic heterocycles. The van der Waals surface area contributed by atoms with E-state index in [0.29, 0.717) is 37.4 Å². The molecule has 0 spiro atoms. The maximum atomic E-state index is 13.4. The summed E-state index contributed by atoms with van der Waals surface area (Å²) in [6, 6.07) is 24.0. The number of halogens is 4. The van der Waals surface area contributed by atoms with E-state index in [-0.39, 0.29) is 22.4 Å². The molecule has 0 saturated heterocycles. The molecule has 0 unspecified atom stereocenters. The van der Waals surface area contributed by atoms with Crippen LogP contribution in [0.1, 0.15) is 15.9 Å². The van der Waals surface area contributed by atoms with Gasteiger partial charge in [-0.1, -0.05) is 65.1 Å². The summed E-state index contributed by atoms with van der Waals surface area (Å²) in [6.07, 6.45) is 1.46. The molecule has 208 valence electrons. The molecule has 6 nitrogen and oxygen atoms in total. The zero-order valence-electron chi connectivity index (χ0n) is 21.1. The van der Waals surface area contributed by atoms with E-state index in [4.69, 9.17) is 34.8 Å². The number of benzene rings is 4. The first-order valence-corrected chi connectivity index (χ1v) is 14.1. The summed E-state index contributed by atoms with van der Waals surface area (Å²) in [5.74, 6) is -1.91. The number of amides is 3. The van der Waals surface area contributed by atoms with Crippen LogP contribution in [0.4, 0.5) is 15.8 Å². The molecule has 0 bridgehead atoms. The van der Waals surface area contributed by atoms with Crippen molar-refractivity contribution < 1.29 is 18.8 Å². The Kier molecular flexibility index (Phi) is 10.4. The number of carbonyl (C=O) groups excluding carboxylic acids is 3. The molecule has 0 fully saturated rings. The molecular formula is C30H21Cl3FN3O3S. The van der Waals surface area contributed by atoms with Crippen molar-refractivity contribution in [1.29, 1.82) is 0 Å². The molecule has 0 aliphatic rings. The lowest BCUT2D eigenvalue weighted by Gasteiger charge is -2.13. The van der Waals surface area contributed by atoms with Crippen molar-refractivity contribution in [2.75, 3.05) is 16.4 Å². The third-order valence-corrected chi connectivity index (χ3v) is 7.30. The Balaban J connectivity index is 1.47. The number of anilines is 2. The second-order valence-electron chi connectivity index (χ2n) is 8.49. The fourth-order valence-corrected chi connectivity index (χ4v) is 4.90. The van der Waals surface area contributed by atoms with Gasteiger partial charge in [0, 0.05) is 31.9 Å². The fourth-order valence-electron chi connectivity index (χ4n) is 3.50. The number of hydrogen-bond donors (Lipinski definition) is 3. The van der Waals surface area contributed by atoms with Crippen LogP contribution in [0.25, 0.3) is 6.08 Å². The molecule has 3 N–H and O–H groups in total. The molecular weight excluding hydrogens is 608 g/mol. The molecule has 0 heterocycles. The van der Waals surface area contributed by atoms with Gasteiger partial charge in [-0.3, -0.25) is 14.4 Å². The molecule has 41 heavy (non-hydrogen) atoms. The van der Waals surface area contributed by atoms with Crippen molar-refractivity contribution in [1.82, 2.24) is 5.32 Å². The summed E-state index contributed by atoms with van der Waals surface area (Å²) >= 11 is 19.3. The predicted octanol–water partition coefficient (Wildman–Crippen LogP) is 7.93. The van der Waals surface area contributed by atoms with Crippen LogP contribution in [0.3, 0.4) is 0 Å². The van der Waals surface area contributed by atoms with Gasteiger partial charge in [0.1, 0.15) is 11.5 Å². The lowest BCUT2D eigenvalue weighted by Crippen LogP contribution is -2.30. The largest absolute Gasteiger partial charge is 0.325 e. The summed E-state index contributed by atoms with van der Waals surface area (Å²) in [5, 5.41) is 8.72. The molecule has 3 amide bonds. The van der Waals surface area contributed by atoms with Gasteiger partial charge >= 0.3 is 0 Å². The van der Waals surface area contributed by atoms with Crippen LogP contribution in [0.15, 0.2) is 102 Å². The van der Waals surface area contributed by atoms with Gasteiger partial charge in [-0.15, -0.1) is 11.8 Å². The quantitative estimate of drug-likeness (QED) is 0.130. The van der Waals surface area contributed by atoms with Crippen molar-refractivity contribution >= 4 is 81.7 Å². The van der Waals surface area contributed by atoms with Crippen molar-refractivity contribution in [2.24, 2.45) is 0 Å². The topological polar surface area (TPSA) is 87.3 Å². The lowest BCUT2D eigenvalue weighted by atomic mass is 10.1. The third kappa shape index (κ3) is 8.83. The molecule has 0 aliphatic carbocycles. The minimum absolute atomic E-state index is 0.0431. The highest BCUT2D eigenvalue weighted by molar-refractivity contribution is 8.00. The van der Waals surface area contributed by atoms with Crippen LogP contribution in [0.2, 0.25) is 15.1 Å². The number of carbonyl (C=O) groups is 3. The molecule has 0 radical (unpaired) electrons. The number of hydrogen-bond acceptors (Lipinski definition) is 4. The monoisotopic (exact) mass is 627 g/mol. The van der Waals surface area contributed by atoms with Gasteiger partial charge in [0.15, 0.2) is 0 Å². The van der Waals surface area contributed by atoms with Gasteiger partial charge in [-0.2, -0.15) is 0 Å². The first-order valence-electron chi connectivity index (χ1n) is 12.0. The number of rotatable bonds is 9. The highest BCUT2D eigenvalue weighted by Crippen LogP contribution is 2.25. The summed E-state index contributed by atoms with van der Waals surface area (Å²) in [4.78, 5) is 39.3. The van der Waals surface area contributed by atoms with E-state index >= 15 is 0 Å². The number of thioether (sulfide) groups is 1. The Morgan fingerprint density at radius 3 is 2.27 bits per heavy atom. The first kappa shape index (κ1) is 30.1. The summed E-state index contributed by atoms with van der Waals surface area (Å²) in [7, 11) is 0. The van der Waals surface area contributed by atoms with E-state index < -0.39 is 17.6 Å². The predicted molar refractivity (Wildman–Crippen MR) is 164 cm³/mol. The molecule has 11 heteroatoms. The van der Waals surface area contributed by atoms with Gasteiger partial charge in [-0.05, 0) is 72.3 Å². The molecule has 4 aromatic rings. The molecule has 0 atom stereocenters. The van der Waals surface area contributed by atoms with Crippen LogP contribution in [0, 0.1) is 5.82 Å². The summed E-state index contributed by atoms with van der Waals surface area (Å²) in [5.41, 5.74) is 1.62. The molecule has 4 rings (SSSR count). The van der Waals surface area contributed by atoms with Crippen molar-refractivity contribution in [3.63, 3.8) is 0 Å². The average molecular weight is 629 g/mol. The maximum Gasteiger partial charge on any atom is 0.272 e. The van der Waals surface area contributed by atoms with Crippen molar-refractivity contribution in [2.45, 2.75) is 4.90 Å². The SMILES string of the molecule is O=C(CSc1cccc(NC(=O)/C(=C\c2ccc(Cl)cc2Cl)NC(=O)c2ccccc2)c1)Nc1ccc(F)c(Cl)c1. The fraction of sp³-hybridized carbons (Fsp3) is 0.0333. The van der Waals surface area contributed by atoms with Gasteiger partial charge in [0.2, 0.25) is 5.91 Å². The van der Waals surface area contributed by atoms with Gasteiger partial charge in [0.05, 0.1) is 10.8 Å². The van der Waals surface area contributed by atoms with Crippen molar-refractivity contribution in [3.8, 4) is 0 Å². The van der Waals surface area contributed by atoms with E-state index in [9.17, 15) is 18.8 Å². The maximum absolute atomic E-state index is 13.4. The van der Waals surface area contributed by atoms with E-state index in [1.54, 1.807) is 66.7 Å². The van der Waals surface area contributed by atoms with Crippen LogP contribution in [-0.4, -0.2) is 23.5 Å². The minimum Gasteiger partial charge on any atom is -0.325 e. The molecule has 4 aromatic carbocycles. The Morgan fingerprint density at radius 1 is 0.780 bits per heavy atom. The van der Waals surface area contributed by atoms with E-state index in [1.807, 2.05) is 0 Å². The highest BCUT2D eigenvalue weighted by Gasteiger charge is 2.16. The van der Waals surface area contributed by atoms with Gasteiger partial charge in [0.25, 0.3) is 11.8 Å². The van der Waals surface area contributed by atoms with Gasteiger partial charge < -0.3 is 16.0 Å². The minimum atomic E-state index is -0.589. The van der Waals surface area contributed by atoms with Crippen molar-refractivity contribution in [3.05, 3.63) is 129 Å². The second kappa shape index (κ2) is 14.2. The first-order chi connectivity index (χ1) is 19.7. The Morgan fingerprint density at radius 2 is 1.54 bits per heavy atom. The Hall–Kier alpha value is -3.82. The van der Waals surface area contributed by atoms with E-state index in [0.717, 1.165) is 0 Å². The van der Waals surface area contributed by atoms with E-state index in [2.05, 4.69) is 16.0 Å². The standard InChI is InChI=1S/C30H21Cl3FN3O3S/c31-20-10-9-19(24(32)14-20)13-27(37-29(39)18-5-2-1-3-6-18)30(40)36-21-7-4-8-23(15-21)41-17-28(38)35-22-11-12-26(34)25(33)16-22/h1-16H,17H2,(H,35,38)(H,36,40)(H,37,39)/b27-13+. The molecule has 0 aliphatic heterocycles.